The summed E-state index contributed by atoms with van der Waals surface area (Å²) in [7, 11) is -1.56. The van der Waals surface area contributed by atoms with Gasteiger partial charge in [-0.25, -0.2) is 0 Å². The van der Waals surface area contributed by atoms with Gasteiger partial charge in [0.25, 0.3) is 0 Å². The van der Waals surface area contributed by atoms with Crippen molar-refractivity contribution in [1.29, 1.82) is 0 Å². The third-order valence-corrected chi connectivity index (χ3v) is 9.99. The van der Waals surface area contributed by atoms with Crippen molar-refractivity contribution in [2.75, 3.05) is 0 Å². The van der Waals surface area contributed by atoms with E-state index in [0.29, 0.717) is 23.9 Å². The number of carbonyl (C=O) groups is 1. The van der Waals surface area contributed by atoms with Crippen LogP contribution < -0.4 is 0 Å². The lowest BCUT2D eigenvalue weighted by atomic mass is 9.47. The zero-order valence-electron chi connectivity index (χ0n) is 17.9. The van der Waals surface area contributed by atoms with Gasteiger partial charge in [-0.05, 0) is 101 Å². The number of aldehydes is 1. The molecule has 0 unspecified atom stereocenters. The standard InChI is InChI=1S/C23H38O3Si/c1-21-11-9-20-18(19(21)10-12-22(21,2)25)7-6-16-14-17(26-27(3,4)5)8-13-23(16,20)15-24/h6,15,17-20,25H,7-14H2,1-5H3/t17-,18-,19-,20-,21-,22-,23+/m0/s1. The summed E-state index contributed by atoms with van der Waals surface area (Å²) in [4.78, 5) is 12.5. The van der Waals surface area contributed by atoms with Crippen LogP contribution in [0.15, 0.2) is 11.6 Å². The van der Waals surface area contributed by atoms with Crippen LogP contribution in [-0.2, 0) is 9.22 Å². The normalized spacial score (nSPS) is 49.6. The van der Waals surface area contributed by atoms with Crippen LogP contribution in [0.5, 0.6) is 0 Å². The molecule has 3 nitrogen and oxygen atoms in total. The molecule has 3 fully saturated rings. The van der Waals surface area contributed by atoms with Crippen molar-refractivity contribution in [2.24, 2.45) is 28.6 Å². The lowest BCUT2D eigenvalue weighted by Crippen LogP contribution is -2.55. The first-order chi connectivity index (χ1) is 12.5. The number of allylic oxidation sites excluding steroid dienone is 1. The van der Waals surface area contributed by atoms with E-state index in [1.54, 1.807) is 0 Å². The zero-order valence-corrected chi connectivity index (χ0v) is 18.9. The van der Waals surface area contributed by atoms with E-state index in [-0.39, 0.29) is 10.8 Å². The molecule has 0 aromatic carbocycles. The summed E-state index contributed by atoms with van der Waals surface area (Å²) in [6, 6.07) is 0. The second-order valence-corrected chi connectivity index (χ2v) is 15.8. The van der Waals surface area contributed by atoms with Gasteiger partial charge in [-0.2, -0.15) is 0 Å². The molecule has 1 N–H and O–H groups in total. The van der Waals surface area contributed by atoms with Crippen molar-refractivity contribution >= 4 is 14.6 Å². The van der Waals surface area contributed by atoms with E-state index in [9.17, 15) is 9.90 Å². The number of fused-ring (bicyclic) bond motifs is 5. The summed E-state index contributed by atoms with van der Waals surface area (Å²) < 4.78 is 6.41. The van der Waals surface area contributed by atoms with Gasteiger partial charge in [-0.15, -0.1) is 0 Å². The van der Waals surface area contributed by atoms with Crippen molar-refractivity contribution in [3.63, 3.8) is 0 Å². The highest BCUT2D eigenvalue weighted by Gasteiger charge is 2.63. The topological polar surface area (TPSA) is 46.5 Å². The first kappa shape index (κ1) is 19.8. The molecule has 0 amide bonds. The predicted molar refractivity (Wildman–Crippen MR) is 111 cm³/mol. The van der Waals surface area contributed by atoms with Crippen molar-refractivity contribution in [2.45, 2.75) is 96.6 Å². The molecule has 0 aliphatic heterocycles. The van der Waals surface area contributed by atoms with Gasteiger partial charge in [-0.1, -0.05) is 18.6 Å². The Hall–Kier alpha value is -0.453. The number of hydrogen-bond acceptors (Lipinski definition) is 3. The summed E-state index contributed by atoms with van der Waals surface area (Å²) in [6.07, 6.45) is 12.2. The molecule has 27 heavy (non-hydrogen) atoms. The maximum absolute atomic E-state index is 12.5. The quantitative estimate of drug-likeness (QED) is 0.414. The monoisotopic (exact) mass is 390 g/mol. The Bertz CT molecular complexity index is 648. The number of aliphatic hydroxyl groups is 1. The van der Waals surface area contributed by atoms with E-state index in [2.05, 4.69) is 32.6 Å². The Kier molecular flexibility index (Phi) is 4.61. The van der Waals surface area contributed by atoms with Crippen molar-refractivity contribution in [1.82, 2.24) is 0 Å². The lowest BCUT2D eigenvalue weighted by molar-refractivity contribution is -0.135. The third-order valence-electron chi connectivity index (χ3n) is 8.95. The van der Waals surface area contributed by atoms with Gasteiger partial charge in [0.05, 0.1) is 11.0 Å². The van der Waals surface area contributed by atoms with Crippen LogP contribution in [0.1, 0.15) is 65.2 Å². The van der Waals surface area contributed by atoms with Gasteiger partial charge in [0.15, 0.2) is 8.32 Å². The van der Waals surface area contributed by atoms with Crippen molar-refractivity contribution in [3.05, 3.63) is 11.6 Å². The van der Waals surface area contributed by atoms with E-state index >= 15 is 0 Å². The summed E-state index contributed by atoms with van der Waals surface area (Å²) in [5.41, 5.74) is 0.588. The fraction of sp³-hybridized carbons (Fsp3) is 0.870. The Morgan fingerprint density at radius 3 is 2.48 bits per heavy atom. The maximum Gasteiger partial charge on any atom is 0.184 e. The molecule has 0 radical (unpaired) electrons. The molecule has 0 spiro atoms. The van der Waals surface area contributed by atoms with Gasteiger partial charge in [0, 0.05) is 6.10 Å². The van der Waals surface area contributed by atoms with Gasteiger partial charge in [-0.3, -0.25) is 0 Å². The van der Waals surface area contributed by atoms with Crippen LogP contribution in [0, 0.1) is 28.6 Å². The van der Waals surface area contributed by atoms with Gasteiger partial charge in [0.2, 0.25) is 0 Å². The molecule has 0 heterocycles. The minimum Gasteiger partial charge on any atom is -0.414 e. The number of rotatable bonds is 3. The van der Waals surface area contributed by atoms with Gasteiger partial charge >= 0.3 is 0 Å². The fourth-order valence-corrected chi connectivity index (χ4v) is 8.60. The molecule has 7 atom stereocenters. The van der Waals surface area contributed by atoms with Gasteiger partial charge < -0.3 is 14.3 Å². The summed E-state index contributed by atoms with van der Waals surface area (Å²) in [5.74, 6) is 1.58. The third kappa shape index (κ3) is 2.93. The van der Waals surface area contributed by atoms with Crippen LogP contribution in [0.3, 0.4) is 0 Å². The fourth-order valence-electron chi connectivity index (χ4n) is 7.39. The molecular formula is C23H38O3Si. The highest BCUT2D eigenvalue weighted by Crippen LogP contribution is 2.66. The molecule has 0 bridgehead atoms. The predicted octanol–water partition coefficient (Wildman–Crippen LogP) is 5.10. The van der Waals surface area contributed by atoms with E-state index in [4.69, 9.17) is 4.43 Å². The highest BCUT2D eigenvalue weighted by molar-refractivity contribution is 6.69. The molecule has 4 rings (SSSR count). The summed E-state index contributed by atoms with van der Waals surface area (Å²) in [5, 5.41) is 11.0. The van der Waals surface area contributed by atoms with E-state index in [1.807, 2.05) is 6.92 Å². The van der Waals surface area contributed by atoms with Crippen molar-refractivity contribution in [3.8, 4) is 0 Å². The van der Waals surface area contributed by atoms with Crippen LogP contribution in [-0.4, -0.2) is 31.4 Å². The van der Waals surface area contributed by atoms with Crippen LogP contribution in [0.4, 0.5) is 0 Å². The largest absolute Gasteiger partial charge is 0.414 e. The molecular weight excluding hydrogens is 352 g/mol. The second-order valence-electron chi connectivity index (χ2n) is 11.4. The number of hydrogen-bond donors (Lipinski definition) is 1. The van der Waals surface area contributed by atoms with Crippen molar-refractivity contribution < 1.29 is 14.3 Å². The van der Waals surface area contributed by atoms with E-state index in [0.717, 1.165) is 51.4 Å². The Balaban J connectivity index is 1.62. The molecule has 0 saturated heterocycles. The van der Waals surface area contributed by atoms with Crippen LogP contribution in [0.2, 0.25) is 19.6 Å². The number of carbonyl (C=O) groups excluding carboxylic acids is 1. The van der Waals surface area contributed by atoms with Crippen LogP contribution in [0.25, 0.3) is 0 Å². The lowest BCUT2D eigenvalue weighted by Gasteiger charge is -2.58. The Morgan fingerprint density at radius 1 is 1.11 bits per heavy atom. The van der Waals surface area contributed by atoms with E-state index in [1.165, 1.54) is 11.9 Å². The molecule has 4 aliphatic rings. The van der Waals surface area contributed by atoms with Gasteiger partial charge in [0.1, 0.15) is 6.29 Å². The minimum absolute atomic E-state index is 0.0156. The molecule has 152 valence electrons. The molecule has 4 heteroatoms. The average molecular weight is 391 g/mol. The summed E-state index contributed by atoms with van der Waals surface area (Å²) in [6.45, 7) is 11.1. The SMILES string of the molecule is C[C@]1(O)CC[C@H]2[C@@H]3CC=C4C[C@@H](O[Si](C)(C)C)CC[C@]4(C=O)[C@H]3CC[C@@]21C. The second kappa shape index (κ2) is 6.27. The van der Waals surface area contributed by atoms with Crippen LogP contribution >= 0.6 is 0 Å². The molecule has 0 aromatic heterocycles. The Labute approximate surface area is 166 Å². The average Bonchev–Trinajstić information content (AvgIpc) is 2.83. The molecule has 4 aliphatic carbocycles. The molecule has 0 aromatic rings. The molecule has 3 saturated carbocycles. The summed E-state index contributed by atoms with van der Waals surface area (Å²) >= 11 is 0. The first-order valence-corrected chi connectivity index (χ1v) is 14.5. The first-order valence-electron chi connectivity index (χ1n) is 11.1. The highest BCUT2D eigenvalue weighted by atomic mass is 28.4. The zero-order chi connectivity index (χ0) is 19.7. The Morgan fingerprint density at radius 2 is 1.81 bits per heavy atom. The maximum atomic E-state index is 12.5. The smallest absolute Gasteiger partial charge is 0.184 e. The van der Waals surface area contributed by atoms with E-state index < -0.39 is 13.9 Å². The minimum atomic E-state index is -1.56.